The first-order chi connectivity index (χ1) is 35.0. The van der Waals surface area contributed by atoms with Gasteiger partial charge in [0.1, 0.15) is 13.2 Å². The predicted octanol–water partition coefficient (Wildman–Crippen LogP) is 21.0. The van der Waals surface area contributed by atoms with E-state index in [9.17, 15) is 14.4 Å². The molecule has 0 bridgehead atoms. The molecule has 71 heavy (non-hydrogen) atoms. The summed E-state index contributed by atoms with van der Waals surface area (Å²) in [6.45, 7) is 6.62. The Morgan fingerprint density at radius 2 is 0.507 bits per heavy atom. The highest BCUT2D eigenvalue weighted by Crippen LogP contribution is 2.17. The molecule has 0 fully saturated rings. The van der Waals surface area contributed by atoms with Gasteiger partial charge in [-0.15, -0.1) is 0 Å². The molecule has 0 spiro atoms. The largest absolute Gasteiger partial charge is 0.462 e. The van der Waals surface area contributed by atoms with Crippen molar-refractivity contribution in [3.8, 4) is 0 Å². The number of hydrogen-bond donors (Lipinski definition) is 0. The van der Waals surface area contributed by atoms with Crippen LogP contribution in [0.25, 0.3) is 0 Å². The molecular weight excluding hydrogens is 877 g/mol. The van der Waals surface area contributed by atoms with Crippen LogP contribution in [0.3, 0.4) is 0 Å². The van der Waals surface area contributed by atoms with Crippen LogP contribution in [0.1, 0.15) is 329 Å². The minimum Gasteiger partial charge on any atom is -0.462 e. The summed E-state index contributed by atoms with van der Waals surface area (Å²) in [6.07, 6.45) is 73.9. The Kier molecular flexibility index (Phi) is 57.7. The van der Waals surface area contributed by atoms with Crippen molar-refractivity contribution < 1.29 is 28.6 Å². The first kappa shape index (κ1) is 68.4. The van der Waals surface area contributed by atoms with E-state index in [1.165, 1.54) is 205 Å². The fraction of sp³-hybridized carbons (Fsp3) is 0.831. The normalized spacial score (nSPS) is 12.3. The van der Waals surface area contributed by atoms with E-state index in [2.05, 4.69) is 69.4 Å². The second-order valence-electron chi connectivity index (χ2n) is 21.0. The zero-order valence-electron chi connectivity index (χ0n) is 47.5. The van der Waals surface area contributed by atoms with Gasteiger partial charge in [-0.3, -0.25) is 14.4 Å². The molecule has 0 aliphatic heterocycles. The van der Waals surface area contributed by atoms with Crippen LogP contribution < -0.4 is 0 Å². The molecule has 0 saturated heterocycles. The van der Waals surface area contributed by atoms with E-state index < -0.39 is 6.10 Å². The van der Waals surface area contributed by atoms with Crippen LogP contribution in [0.2, 0.25) is 0 Å². The number of allylic oxidation sites excluding steroid dienone is 8. The highest BCUT2D eigenvalue weighted by atomic mass is 16.6. The third-order valence-electron chi connectivity index (χ3n) is 13.8. The first-order valence-electron chi connectivity index (χ1n) is 31.1. The van der Waals surface area contributed by atoms with E-state index in [1.54, 1.807) is 0 Å². The van der Waals surface area contributed by atoms with E-state index in [0.29, 0.717) is 19.3 Å². The molecule has 0 radical (unpaired) electrons. The zero-order valence-corrected chi connectivity index (χ0v) is 47.5. The van der Waals surface area contributed by atoms with Gasteiger partial charge in [-0.1, -0.05) is 275 Å². The monoisotopic (exact) mass is 995 g/mol. The zero-order chi connectivity index (χ0) is 51.4. The molecule has 0 aliphatic rings. The third-order valence-corrected chi connectivity index (χ3v) is 13.8. The van der Waals surface area contributed by atoms with Crippen molar-refractivity contribution in [2.24, 2.45) is 0 Å². The van der Waals surface area contributed by atoms with Crippen LogP contribution in [-0.2, 0) is 28.6 Å². The highest BCUT2D eigenvalue weighted by Gasteiger charge is 2.19. The molecule has 0 saturated carbocycles. The first-order valence-corrected chi connectivity index (χ1v) is 31.1. The summed E-state index contributed by atoms with van der Waals surface area (Å²) >= 11 is 0. The highest BCUT2D eigenvalue weighted by molar-refractivity contribution is 5.71. The standard InChI is InChI=1S/C65H118O6/c1-4-7-10-13-16-19-22-25-28-30-32-34-37-40-43-46-49-52-55-58-64(67)70-61-62(60-69-63(66)57-54-51-48-45-42-39-36-27-24-21-18-15-12-9-6-3)71-65(68)59-56-53-50-47-44-41-38-35-33-31-29-26-23-20-17-14-11-8-5-2/h17-18,20-21,26-27,29,36,62H,4-16,19,22-25,28,30-35,37-61H2,1-3H3/b20-17-,21-18-,29-26-,36-27-/t62-/m1/s1. The molecule has 0 aromatic carbocycles. The van der Waals surface area contributed by atoms with Gasteiger partial charge in [0.25, 0.3) is 0 Å². The summed E-state index contributed by atoms with van der Waals surface area (Å²) in [4.78, 5) is 38.3. The fourth-order valence-corrected chi connectivity index (χ4v) is 9.09. The van der Waals surface area contributed by atoms with Crippen LogP contribution in [0, 0.1) is 0 Å². The van der Waals surface area contributed by atoms with Gasteiger partial charge in [0.2, 0.25) is 0 Å². The summed E-state index contributed by atoms with van der Waals surface area (Å²) in [5.74, 6) is -0.875. The molecule has 0 N–H and O–H groups in total. The minimum atomic E-state index is -0.780. The van der Waals surface area contributed by atoms with E-state index >= 15 is 0 Å². The predicted molar refractivity (Wildman–Crippen MR) is 307 cm³/mol. The number of carbonyl (C=O) groups excluding carboxylic acids is 3. The number of carbonyl (C=O) groups is 3. The summed E-state index contributed by atoms with van der Waals surface area (Å²) < 4.78 is 16.9. The molecule has 414 valence electrons. The topological polar surface area (TPSA) is 78.9 Å². The van der Waals surface area contributed by atoms with E-state index in [1.807, 2.05) is 0 Å². The number of esters is 3. The molecule has 6 nitrogen and oxygen atoms in total. The summed E-state index contributed by atoms with van der Waals surface area (Å²) in [5.41, 5.74) is 0. The second kappa shape index (κ2) is 59.9. The lowest BCUT2D eigenvalue weighted by Gasteiger charge is -2.18. The Hall–Kier alpha value is -2.63. The molecule has 0 amide bonds. The molecular formula is C65H118O6. The number of rotatable bonds is 57. The molecule has 0 aromatic heterocycles. The lowest BCUT2D eigenvalue weighted by atomic mass is 10.0. The van der Waals surface area contributed by atoms with Gasteiger partial charge in [-0.05, 0) is 83.5 Å². The van der Waals surface area contributed by atoms with Gasteiger partial charge < -0.3 is 14.2 Å². The van der Waals surface area contributed by atoms with Crippen molar-refractivity contribution >= 4 is 17.9 Å². The molecule has 0 aliphatic carbocycles. The van der Waals surface area contributed by atoms with Crippen molar-refractivity contribution in [3.05, 3.63) is 48.6 Å². The van der Waals surface area contributed by atoms with E-state index in [0.717, 1.165) is 83.5 Å². The van der Waals surface area contributed by atoms with Gasteiger partial charge in [0.15, 0.2) is 6.10 Å². The number of ether oxygens (including phenoxy) is 3. The van der Waals surface area contributed by atoms with Crippen LogP contribution in [0.15, 0.2) is 48.6 Å². The molecule has 0 aromatic rings. The summed E-state index contributed by atoms with van der Waals surface area (Å²) in [6, 6.07) is 0. The molecule has 6 heteroatoms. The van der Waals surface area contributed by atoms with Crippen LogP contribution in [0.4, 0.5) is 0 Å². The van der Waals surface area contributed by atoms with Crippen molar-refractivity contribution in [1.29, 1.82) is 0 Å². The minimum absolute atomic E-state index is 0.0759. The Bertz CT molecular complexity index is 1230. The average molecular weight is 996 g/mol. The van der Waals surface area contributed by atoms with Gasteiger partial charge in [-0.2, -0.15) is 0 Å². The van der Waals surface area contributed by atoms with Crippen LogP contribution >= 0.6 is 0 Å². The maximum Gasteiger partial charge on any atom is 0.306 e. The number of hydrogen-bond acceptors (Lipinski definition) is 6. The van der Waals surface area contributed by atoms with Gasteiger partial charge in [0, 0.05) is 19.3 Å². The SMILES string of the molecule is CCCCC/C=C\C/C=C\CCCCCCCCCCCC(=O)O[C@H](COC(=O)CCCCCCC/C=C\C/C=C\CCCCC)COC(=O)CCCCCCCCCCCCCCCCCCCCC. The Morgan fingerprint density at radius 1 is 0.282 bits per heavy atom. The summed E-state index contributed by atoms with van der Waals surface area (Å²) in [7, 11) is 0. The van der Waals surface area contributed by atoms with Crippen LogP contribution in [0.5, 0.6) is 0 Å². The Balaban J connectivity index is 4.35. The average Bonchev–Trinajstić information content (AvgIpc) is 3.37. The smallest absolute Gasteiger partial charge is 0.306 e. The summed E-state index contributed by atoms with van der Waals surface area (Å²) in [5, 5.41) is 0. The van der Waals surface area contributed by atoms with Gasteiger partial charge in [-0.25, -0.2) is 0 Å². The van der Waals surface area contributed by atoms with E-state index in [4.69, 9.17) is 14.2 Å². The maximum absolute atomic E-state index is 12.9. The second-order valence-corrected chi connectivity index (χ2v) is 21.0. The van der Waals surface area contributed by atoms with Crippen molar-refractivity contribution in [2.45, 2.75) is 335 Å². The van der Waals surface area contributed by atoms with E-state index in [-0.39, 0.29) is 31.1 Å². The van der Waals surface area contributed by atoms with Crippen molar-refractivity contribution in [3.63, 3.8) is 0 Å². The third kappa shape index (κ3) is 58.1. The molecule has 0 unspecified atom stereocenters. The lowest BCUT2D eigenvalue weighted by molar-refractivity contribution is -0.167. The van der Waals surface area contributed by atoms with Crippen molar-refractivity contribution in [1.82, 2.24) is 0 Å². The Morgan fingerprint density at radius 3 is 0.803 bits per heavy atom. The van der Waals surface area contributed by atoms with Gasteiger partial charge >= 0.3 is 17.9 Å². The molecule has 1 atom stereocenters. The van der Waals surface area contributed by atoms with Crippen molar-refractivity contribution in [2.75, 3.05) is 13.2 Å². The quantitative estimate of drug-likeness (QED) is 0.0261. The van der Waals surface area contributed by atoms with Gasteiger partial charge in [0.05, 0.1) is 0 Å². The molecule has 0 rings (SSSR count). The van der Waals surface area contributed by atoms with Crippen LogP contribution in [-0.4, -0.2) is 37.2 Å². The number of unbranched alkanes of at least 4 members (excludes halogenated alkanes) is 38. The fourth-order valence-electron chi connectivity index (χ4n) is 9.09. The lowest BCUT2D eigenvalue weighted by Crippen LogP contribution is -2.30. The Labute approximate surface area is 441 Å². The molecule has 0 heterocycles. The maximum atomic E-state index is 12.9.